The maximum absolute atomic E-state index is 12.8. The number of Topliss-reactive ketones (excluding diaryl/α,β-unsaturated/α-hetero) is 2. The number of hydrogen-bond donors (Lipinski definition) is 0. The van der Waals surface area contributed by atoms with Gasteiger partial charge in [-0.1, -0.05) is 0 Å². The van der Waals surface area contributed by atoms with Gasteiger partial charge in [0.2, 0.25) is 11.6 Å². The van der Waals surface area contributed by atoms with Crippen LogP contribution in [0.25, 0.3) is 5.57 Å². The van der Waals surface area contributed by atoms with Crippen LogP contribution in [0.2, 0.25) is 0 Å². The Morgan fingerprint density at radius 2 is 1.88 bits per heavy atom. The van der Waals surface area contributed by atoms with Gasteiger partial charge in [-0.25, -0.2) is 0 Å². The molecule has 1 aliphatic carbocycles. The van der Waals surface area contributed by atoms with Crippen molar-refractivity contribution in [1.29, 1.82) is 0 Å². The van der Waals surface area contributed by atoms with Crippen LogP contribution in [0.1, 0.15) is 51.5 Å². The third-order valence-corrected chi connectivity index (χ3v) is 4.66. The molecule has 2 aromatic rings. The van der Waals surface area contributed by atoms with Crippen LogP contribution in [0.4, 0.5) is 0 Å². The highest BCUT2D eigenvalue weighted by atomic mass is 16.5. The number of fused-ring (bicyclic) bond motifs is 2. The largest absolute Gasteiger partial charge is 0.493 e. The van der Waals surface area contributed by atoms with Gasteiger partial charge < -0.3 is 9.15 Å². The maximum Gasteiger partial charge on any atom is 0.237 e. The Labute approximate surface area is 137 Å². The second kappa shape index (κ2) is 5.03. The van der Waals surface area contributed by atoms with Gasteiger partial charge in [0, 0.05) is 17.6 Å². The van der Waals surface area contributed by atoms with Crippen molar-refractivity contribution in [3.05, 3.63) is 58.0 Å². The van der Waals surface area contributed by atoms with Crippen LogP contribution in [0.3, 0.4) is 0 Å². The van der Waals surface area contributed by atoms with E-state index < -0.39 is 11.6 Å². The van der Waals surface area contributed by atoms with Gasteiger partial charge in [0.15, 0.2) is 5.78 Å². The van der Waals surface area contributed by atoms with Gasteiger partial charge in [0.1, 0.15) is 17.8 Å². The topological polar surface area (TPSA) is 73.6 Å². The van der Waals surface area contributed by atoms with Crippen LogP contribution in [-0.4, -0.2) is 24.0 Å². The van der Waals surface area contributed by atoms with E-state index >= 15 is 0 Å². The summed E-state index contributed by atoms with van der Waals surface area (Å²) < 4.78 is 10.9. The summed E-state index contributed by atoms with van der Waals surface area (Å²) in [5, 5.41) is 0. The summed E-state index contributed by atoms with van der Waals surface area (Å²) in [6, 6.07) is 5.19. The summed E-state index contributed by atoms with van der Waals surface area (Å²) in [5.41, 5.74) is 2.57. The minimum atomic E-state index is -0.685. The first-order valence-corrected chi connectivity index (χ1v) is 7.68. The Bertz CT molecular complexity index is 958. The number of allylic oxidation sites excluding steroid dienone is 2. The standard InChI is InChI=1S/C19H14O5/c1-9-10(2)19-15(18(22)16(9)20)13(8-24-19)17(21)12-3-4-14-11(7-12)5-6-23-14/h3-4,7-8H,5-6H2,1-2H3. The van der Waals surface area contributed by atoms with Gasteiger partial charge in [-0.2, -0.15) is 0 Å². The molecule has 5 heteroatoms. The molecule has 0 bridgehead atoms. The molecule has 5 nitrogen and oxygen atoms in total. The summed E-state index contributed by atoms with van der Waals surface area (Å²) in [4.78, 5) is 37.3. The quantitative estimate of drug-likeness (QED) is 0.628. The fraction of sp³-hybridized carbons (Fsp3) is 0.211. The molecular weight excluding hydrogens is 308 g/mol. The second-order valence-electron chi connectivity index (χ2n) is 6.01. The SMILES string of the molecule is CC1=C(C)c2occ(C(=O)c3ccc4c(c3)CCO4)c2C(=O)C1=O. The third-order valence-electron chi connectivity index (χ3n) is 4.66. The summed E-state index contributed by atoms with van der Waals surface area (Å²) in [5.74, 6) is -0.512. The molecular formula is C19H14O5. The Kier molecular flexibility index (Phi) is 3.06. The Balaban J connectivity index is 1.82. The van der Waals surface area contributed by atoms with Crippen molar-refractivity contribution in [2.75, 3.05) is 6.61 Å². The van der Waals surface area contributed by atoms with Gasteiger partial charge in [-0.3, -0.25) is 14.4 Å². The van der Waals surface area contributed by atoms with E-state index in [0.717, 1.165) is 17.7 Å². The highest BCUT2D eigenvalue weighted by Crippen LogP contribution is 2.34. The molecule has 24 heavy (non-hydrogen) atoms. The van der Waals surface area contributed by atoms with E-state index in [9.17, 15) is 14.4 Å². The van der Waals surface area contributed by atoms with Gasteiger partial charge in [0.25, 0.3) is 0 Å². The lowest BCUT2D eigenvalue weighted by Crippen LogP contribution is -2.23. The van der Waals surface area contributed by atoms with E-state index in [0.29, 0.717) is 29.1 Å². The molecule has 0 saturated carbocycles. The number of carbonyl (C=O) groups excluding carboxylic acids is 3. The number of benzene rings is 1. The zero-order valence-electron chi connectivity index (χ0n) is 13.3. The van der Waals surface area contributed by atoms with Crippen LogP contribution in [0.5, 0.6) is 5.75 Å². The zero-order valence-corrected chi connectivity index (χ0v) is 13.3. The average molecular weight is 322 g/mol. The molecule has 0 fully saturated rings. The monoisotopic (exact) mass is 322 g/mol. The molecule has 0 spiro atoms. The van der Waals surface area contributed by atoms with E-state index in [1.165, 1.54) is 6.26 Å². The van der Waals surface area contributed by atoms with Gasteiger partial charge in [0.05, 0.1) is 17.7 Å². The summed E-state index contributed by atoms with van der Waals surface area (Å²) in [6.07, 6.45) is 2.02. The predicted octanol–water partition coefficient (Wildman–Crippen LogP) is 3.00. The number of carbonyl (C=O) groups is 3. The lowest BCUT2D eigenvalue weighted by molar-refractivity contribution is -0.111. The first kappa shape index (κ1) is 14.6. The zero-order chi connectivity index (χ0) is 17.0. The predicted molar refractivity (Wildman–Crippen MR) is 85.4 cm³/mol. The third kappa shape index (κ3) is 1.91. The molecule has 0 unspecified atom stereocenters. The van der Waals surface area contributed by atoms with Gasteiger partial charge in [-0.05, 0) is 43.2 Å². The van der Waals surface area contributed by atoms with Crippen molar-refractivity contribution in [3.8, 4) is 5.75 Å². The van der Waals surface area contributed by atoms with Crippen molar-refractivity contribution in [2.24, 2.45) is 0 Å². The van der Waals surface area contributed by atoms with Crippen molar-refractivity contribution in [1.82, 2.24) is 0 Å². The van der Waals surface area contributed by atoms with Crippen molar-refractivity contribution < 1.29 is 23.5 Å². The minimum absolute atomic E-state index is 0.0739. The smallest absolute Gasteiger partial charge is 0.237 e. The molecule has 1 aromatic carbocycles. The molecule has 0 amide bonds. The van der Waals surface area contributed by atoms with Crippen molar-refractivity contribution in [3.63, 3.8) is 0 Å². The first-order valence-electron chi connectivity index (χ1n) is 7.68. The van der Waals surface area contributed by atoms with Crippen LogP contribution in [0.15, 0.2) is 34.5 Å². The Hall–Kier alpha value is -2.95. The molecule has 0 radical (unpaired) electrons. The fourth-order valence-corrected chi connectivity index (χ4v) is 3.13. The molecule has 2 aliphatic rings. The number of ether oxygens (including phenoxy) is 1. The molecule has 2 heterocycles. The Morgan fingerprint density at radius 3 is 2.67 bits per heavy atom. The number of ketones is 3. The summed E-state index contributed by atoms with van der Waals surface area (Å²) in [6.45, 7) is 3.90. The van der Waals surface area contributed by atoms with E-state index in [-0.39, 0.29) is 16.9 Å². The number of rotatable bonds is 2. The van der Waals surface area contributed by atoms with Gasteiger partial charge in [-0.15, -0.1) is 0 Å². The lowest BCUT2D eigenvalue weighted by atomic mass is 9.86. The molecule has 0 atom stereocenters. The van der Waals surface area contributed by atoms with Crippen LogP contribution >= 0.6 is 0 Å². The van der Waals surface area contributed by atoms with E-state index in [1.54, 1.807) is 32.0 Å². The molecule has 0 N–H and O–H groups in total. The van der Waals surface area contributed by atoms with Crippen LogP contribution in [-0.2, 0) is 11.2 Å². The normalized spacial score (nSPS) is 16.1. The number of furan rings is 1. The van der Waals surface area contributed by atoms with Crippen molar-refractivity contribution >= 4 is 22.9 Å². The second-order valence-corrected chi connectivity index (χ2v) is 6.01. The van der Waals surface area contributed by atoms with Crippen LogP contribution < -0.4 is 4.74 Å². The molecule has 1 aromatic heterocycles. The highest BCUT2D eigenvalue weighted by molar-refractivity contribution is 6.53. The highest BCUT2D eigenvalue weighted by Gasteiger charge is 2.36. The lowest BCUT2D eigenvalue weighted by Gasteiger charge is -2.12. The summed E-state index contributed by atoms with van der Waals surface area (Å²) in [7, 11) is 0. The maximum atomic E-state index is 12.8. The first-order chi connectivity index (χ1) is 11.5. The molecule has 1 aliphatic heterocycles. The number of hydrogen-bond acceptors (Lipinski definition) is 5. The van der Waals surface area contributed by atoms with Crippen molar-refractivity contribution in [2.45, 2.75) is 20.3 Å². The Morgan fingerprint density at radius 1 is 1.08 bits per heavy atom. The molecule has 120 valence electrons. The van der Waals surface area contributed by atoms with E-state index in [4.69, 9.17) is 9.15 Å². The summed E-state index contributed by atoms with van der Waals surface area (Å²) >= 11 is 0. The molecule has 0 saturated heterocycles. The van der Waals surface area contributed by atoms with Crippen LogP contribution in [0, 0.1) is 0 Å². The average Bonchev–Trinajstić information content (AvgIpc) is 3.23. The van der Waals surface area contributed by atoms with E-state index in [2.05, 4.69) is 0 Å². The fourth-order valence-electron chi connectivity index (χ4n) is 3.13. The van der Waals surface area contributed by atoms with Gasteiger partial charge >= 0.3 is 0 Å². The van der Waals surface area contributed by atoms with E-state index in [1.807, 2.05) is 0 Å². The minimum Gasteiger partial charge on any atom is -0.493 e. The molecule has 4 rings (SSSR count).